The summed E-state index contributed by atoms with van der Waals surface area (Å²) in [6.07, 6.45) is 4.29. The number of imidazole rings is 1. The first-order chi connectivity index (χ1) is 14.1. The molecule has 0 radical (unpaired) electrons. The standard InChI is InChI=1S/C22H26N4O3/c1-26-14-13-23-21(26)20(17-5-4-6-19(15-17)29-3)25-22(27)24-12-11-16-7-9-18(28-2)10-8-16/h4-10,13-15,20H,11-12H2,1-3H3,(H2,24,25,27). The zero-order valence-corrected chi connectivity index (χ0v) is 16.9. The molecule has 3 rings (SSSR count). The van der Waals surface area contributed by atoms with Gasteiger partial charge >= 0.3 is 6.03 Å². The molecule has 0 bridgehead atoms. The second kappa shape index (κ2) is 9.64. The van der Waals surface area contributed by atoms with Gasteiger partial charge < -0.3 is 24.7 Å². The SMILES string of the molecule is COc1ccc(CCNC(=O)NC(c2cccc(OC)c2)c2nccn2C)cc1. The summed E-state index contributed by atoms with van der Waals surface area (Å²) in [5, 5.41) is 5.94. The van der Waals surface area contributed by atoms with E-state index in [0.717, 1.165) is 34.9 Å². The van der Waals surface area contributed by atoms with Gasteiger partial charge in [-0.05, 0) is 41.8 Å². The van der Waals surface area contributed by atoms with Crippen molar-refractivity contribution in [2.24, 2.45) is 7.05 Å². The molecule has 0 saturated heterocycles. The second-order valence-corrected chi connectivity index (χ2v) is 6.60. The van der Waals surface area contributed by atoms with Gasteiger partial charge in [0.15, 0.2) is 0 Å². The van der Waals surface area contributed by atoms with Gasteiger partial charge in [0.1, 0.15) is 23.4 Å². The van der Waals surface area contributed by atoms with Gasteiger partial charge in [0.2, 0.25) is 0 Å². The summed E-state index contributed by atoms with van der Waals surface area (Å²) in [6, 6.07) is 14.8. The van der Waals surface area contributed by atoms with E-state index in [1.165, 1.54) is 0 Å². The molecule has 1 heterocycles. The molecule has 3 aromatic rings. The van der Waals surface area contributed by atoms with E-state index in [9.17, 15) is 4.79 Å². The molecular weight excluding hydrogens is 368 g/mol. The molecule has 0 aliphatic rings. The third-order valence-electron chi connectivity index (χ3n) is 4.68. The van der Waals surface area contributed by atoms with Crippen LogP contribution in [-0.4, -0.2) is 36.3 Å². The van der Waals surface area contributed by atoms with Crippen molar-refractivity contribution in [3.8, 4) is 11.5 Å². The van der Waals surface area contributed by atoms with Gasteiger partial charge in [-0.25, -0.2) is 9.78 Å². The maximum absolute atomic E-state index is 12.6. The lowest BCUT2D eigenvalue weighted by Gasteiger charge is -2.20. The van der Waals surface area contributed by atoms with Crippen LogP contribution in [-0.2, 0) is 13.5 Å². The van der Waals surface area contributed by atoms with Gasteiger partial charge in [-0.15, -0.1) is 0 Å². The third kappa shape index (κ3) is 5.28. The Morgan fingerprint density at radius 2 is 1.86 bits per heavy atom. The van der Waals surface area contributed by atoms with Gasteiger partial charge in [0.05, 0.1) is 14.2 Å². The van der Waals surface area contributed by atoms with Crippen LogP contribution in [0.15, 0.2) is 60.9 Å². The fourth-order valence-corrected chi connectivity index (χ4v) is 3.07. The minimum Gasteiger partial charge on any atom is -0.497 e. The minimum atomic E-state index is -0.397. The van der Waals surface area contributed by atoms with Crippen LogP contribution in [0.5, 0.6) is 11.5 Å². The molecule has 7 heteroatoms. The molecule has 0 saturated carbocycles. The molecule has 1 atom stereocenters. The number of rotatable bonds is 8. The molecule has 0 aliphatic carbocycles. The molecule has 7 nitrogen and oxygen atoms in total. The van der Waals surface area contributed by atoms with E-state index < -0.39 is 6.04 Å². The maximum atomic E-state index is 12.6. The van der Waals surface area contributed by atoms with Gasteiger partial charge in [-0.1, -0.05) is 24.3 Å². The van der Waals surface area contributed by atoms with Crippen LogP contribution in [0.2, 0.25) is 0 Å². The highest BCUT2D eigenvalue weighted by Crippen LogP contribution is 2.24. The smallest absolute Gasteiger partial charge is 0.315 e. The highest BCUT2D eigenvalue weighted by Gasteiger charge is 2.21. The Hall–Kier alpha value is -3.48. The van der Waals surface area contributed by atoms with Crippen LogP contribution in [0.1, 0.15) is 23.0 Å². The highest BCUT2D eigenvalue weighted by molar-refractivity contribution is 5.74. The highest BCUT2D eigenvalue weighted by atomic mass is 16.5. The average Bonchev–Trinajstić information content (AvgIpc) is 3.18. The van der Waals surface area contributed by atoms with Crippen molar-refractivity contribution in [1.29, 1.82) is 0 Å². The first kappa shape index (κ1) is 20.3. The molecule has 0 fully saturated rings. The van der Waals surface area contributed by atoms with Crippen LogP contribution in [0.4, 0.5) is 4.79 Å². The molecule has 0 aliphatic heterocycles. The number of nitrogens with zero attached hydrogens (tertiary/aromatic N) is 2. The van der Waals surface area contributed by atoms with Crippen molar-refractivity contribution in [2.45, 2.75) is 12.5 Å². The number of carbonyl (C=O) groups excluding carboxylic acids is 1. The van der Waals surface area contributed by atoms with Crippen molar-refractivity contribution >= 4 is 6.03 Å². The van der Waals surface area contributed by atoms with E-state index in [-0.39, 0.29) is 6.03 Å². The number of aryl methyl sites for hydroxylation is 1. The normalized spacial score (nSPS) is 11.6. The lowest BCUT2D eigenvalue weighted by atomic mass is 10.1. The number of nitrogens with one attached hydrogen (secondary N) is 2. The summed E-state index contributed by atoms with van der Waals surface area (Å²) in [6.45, 7) is 0.517. The number of benzene rings is 2. The average molecular weight is 394 g/mol. The summed E-state index contributed by atoms with van der Waals surface area (Å²) >= 11 is 0. The summed E-state index contributed by atoms with van der Waals surface area (Å²) < 4.78 is 12.4. The zero-order chi connectivity index (χ0) is 20.6. The summed E-state index contributed by atoms with van der Waals surface area (Å²) in [5.41, 5.74) is 2.02. The molecule has 0 spiro atoms. The minimum absolute atomic E-state index is 0.255. The lowest BCUT2D eigenvalue weighted by molar-refractivity contribution is 0.238. The Kier molecular flexibility index (Phi) is 6.73. The third-order valence-corrected chi connectivity index (χ3v) is 4.68. The Labute approximate surface area is 170 Å². The number of hydrogen-bond donors (Lipinski definition) is 2. The molecule has 29 heavy (non-hydrogen) atoms. The summed E-state index contributed by atoms with van der Waals surface area (Å²) in [5.74, 6) is 2.28. The first-order valence-corrected chi connectivity index (χ1v) is 9.39. The lowest BCUT2D eigenvalue weighted by Crippen LogP contribution is -2.40. The first-order valence-electron chi connectivity index (χ1n) is 9.39. The molecule has 2 N–H and O–H groups in total. The Morgan fingerprint density at radius 3 is 2.52 bits per heavy atom. The van der Waals surface area contributed by atoms with Crippen LogP contribution in [0.3, 0.4) is 0 Å². The Morgan fingerprint density at radius 1 is 1.10 bits per heavy atom. The maximum Gasteiger partial charge on any atom is 0.315 e. The monoisotopic (exact) mass is 394 g/mol. The molecule has 152 valence electrons. The fourth-order valence-electron chi connectivity index (χ4n) is 3.07. The van der Waals surface area contributed by atoms with E-state index in [0.29, 0.717) is 6.54 Å². The molecule has 1 aromatic heterocycles. The molecule has 1 unspecified atom stereocenters. The summed E-state index contributed by atoms with van der Waals surface area (Å²) in [4.78, 5) is 17.0. The van der Waals surface area contributed by atoms with Crippen molar-refractivity contribution < 1.29 is 14.3 Å². The van der Waals surface area contributed by atoms with Crippen molar-refractivity contribution in [3.63, 3.8) is 0 Å². The van der Waals surface area contributed by atoms with Crippen LogP contribution in [0, 0.1) is 0 Å². The fraction of sp³-hybridized carbons (Fsp3) is 0.273. The van der Waals surface area contributed by atoms with E-state index in [1.807, 2.05) is 66.3 Å². The van der Waals surface area contributed by atoms with Gasteiger partial charge in [0.25, 0.3) is 0 Å². The van der Waals surface area contributed by atoms with Crippen LogP contribution in [0.25, 0.3) is 0 Å². The van der Waals surface area contributed by atoms with E-state index in [2.05, 4.69) is 15.6 Å². The molecule has 2 amide bonds. The number of hydrogen-bond acceptors (Lipinski definition) is 4. The zero-order valence-electron chi connectivity index (χ0n) is 16.9. The number of urea groups is 1. The van der Waals surface area contributed by atoms with Gasteiger partial charge in [-0.2, -0.15) is 0 Å². The quantitative estimate of drug-likeness (QED) is 0.616. The predicted molar refractivity (Wildman–Crippen MR) is 111 cm³/mol. The molecular formula is C22H26N4O3. The van der Waals surface area contributed by atoms with Gasteiger partial charge in [0, 0.05) is 26.0 Å². The summed E-state index contributed by atoms with van der Waals surface area (Å²) in [7, 11) is 5.16. The second-order valence-electron chi connectivity index (χ2n) is 6.60. The van der Waals surface area contributed by atoms with Gasteiger partial charge in [-0.3, -0.25) is 0 Å². The van der Waals surface area contributed by atoms with E-state index in [4.69, 9.17) is 9.47 Å². The predicted octanol–water partition coefficient (Wildman–Crippen LogP) is 3.07. The van der Waals surface area contributed by atoms with E-state index in [1.54, 1.807) is 20.4 Å². The van der Waals surface area contributed by atoms with Crippen molar-refractivity contribution in [2.75, 3.05) is 20.8 Å². The van der Waals surface area contributed by atoms with Crippen LogP contribution >= 0.6 is 0 Å². The number of carbonyl (C=O) groups is 1. The number of amides is 2. The topological polar surface area (TPSA) is 77.4 Å². The largest absolute Gasteiger partial charge is 0.497 e. The Bertz CT molecular complexity index is 937. The number of aromatic nitrogens is 2. The Balaban J connectivity index is 1.65. The van der Waals surface area contributed by atoms with Crippen molar-refractivity contribution in [3.05, 3.63) is 77.9 Å². The number of ether oxygens (including phenoxy) is 2. The van der Waals surface area contributed by atoms with E-state index >= 15 is 0 Å². The van der Waals surface area contributed by atoms with Crippen LogP contribution < -0.4 is 20.1 Å². The van der Waals surface area contributed by atoms with Crippen molar-refractivity contribution in [1.82, 2.24) is 20.2 Å². The number of methoxy groups -OCH3 is 2. The molecule has 2 aromatic carbocycles.